The van der Waals surface area contributed by atoms with Crippen LogP contribution < -0.4 is 9.80 Å². The number of rotatable bonds is 3. The molecule has 2 saturated heterocycles. The van der Waals surface area contributed by atoms with E-state index in [1.807, 2.05) is 17.5 Å². The van der Waals surface area contributed by atoms with Gasteiger partial charge in [0, 0.05) is 56.9 Å². The van der Waals surface area contributed by atoms with Gasteiger partial charge >= 0.3 is 0 Å². The van der Waals surface area contributed by atoms with Crippen LogP contribution in [0.3, 0.4) is 0 Å². The number of benzene rings is 1. The van der Waals surface area contributed by atoms with Crippen LogP contribution in [0.5, 0.6) is 0 Å². The first-order chi connectivity index (χ1) is 12.2. The molecule has 25 heavy (non-hydrogen) atoms. The fourth-order valence-electron chi connectivity index (χ4n) is 3.89. The number of thiazole rings is 1. The summed E-state index contributed by atoms with van der Waals surface area (Å²) in [5.41, 5.74) is 0.682. The summed E-state index contributed by atoms with van der Waals surface area (Å²) in [4.78, 5) is 11.0. The first kappa shape index (κ1) is 16.8. The maximum atomic E-state index is 14.0. The van der Waals surface area contributed by atoms with Crippen LogP contribution in [0.1, 0.15) is 6.42 Å². The predicted octanol–water partition coefficient (Wildman–Crippen LogP) is 2.04. The Labute approximate surface area is 151 Å². The first-order valence-electron chi connectivity index (χ1n) is 8.78. The lowest BCUT2D eigenvalue weighted by atomic mass is 9.99. The second kappa shape index (κ2) is 7.27. The van der Waals surface area contributed by atoms with Crippen LogP contribution >= 0.6 is 11.3 Å². The van der Waals surface area contributed by atoms with Crippen molar-refractivity contribution in [1.29, 1.82) is 0 Å². The minimum absolute atomic E-state index is 0.159. The standard InChI is InChI=1S/C18H23FN4OS/c19-14-3-1-2-4-15(14)21-8-10-22(11-9-21)16-5-7-23(13-17(16)24)18-20-6-12-25-18/h1-4,6,12,16-17,24H,5,7-11,13H2/t16-,17-/m1/s1. The lowest BCUT2D eigenvalue weighted by Gasteiger charge is -2.45. The maximum absolute atomic E-state index is 14.0. The van der Waals surface area contributed by atoms with E-state index in [0.29, 0.717) is 12.2 Å². The highest BCUT2D eigenvalue weighted by molar-refractivity contribution is 7.13. The highest BCUT2D eigenvalue weighted by Gasteiger charge is 2.34. The van der Waals surface area contributed by atoms with Crippen LogP contribution in [-0.2, 0) is 0 Å². The fourth-order valence-corrected chi connectivity index (χ4v) is 4.57. The summed E-state index contributed by atoms with van der Waals surface area (Å²) in [6.07, 6.45) is 2.36. The number of halogens is 1. The number of aliphatic hydroxyl groups is 1. The summed E-state index contributed by atoms with van der Waals surface area (Å²) in [6.45, 7) is 4.84. The molecule has 1 N–H and O–H groups in total. The van der Waals surface area contributed by atoms with Crippen molar-refractivity contribution in [2.75, 3.05) is 49.1 Å². The molecule has 5 nitrogen and oxygen atoms in total. The average molecular weight is 362 g/mol. The molecule has 0 radical (unpaired) electrons. The number of nitrogens with zero attached hydrogens (tertiary/aromatic N) is 4. The van der Waals surface area contributed by atoms with Crippen LogP contribution in [0.15, 0.2) is 35.8 Å². The van der Waals surface area contributed by atoms with E-state index in [-0.39, 0.29) is 18.0 Å². The Morgan fingerprint density at radius 3 is 2.56 bits per heavy atom. The smallest absolute Gasteiger partial charge is 0.185 e. The zero-order chi connectivity index (χ0) is 17.2. The topological polar surface area (TPSA) is 42.8 Å². The molecule has 0 saturated carbocycles. The molecule has 0 spiro atoms. The number of β-amino-alcohol motifs (C(OH)–C–C–N with tert-alkyl or cyclic N) is 1. The Morgan fingerprint density at radius 2 is 1.88 bits per heavy atom. The Hall–Kier alpha value is -1.70. The lowest BCUT2D eigenvalue weighted by molar-refractivity contribution is 0.0338. The Kier molecular flexibility index (Phi) is 4.87. The summed E-state index contributed by atoms with van der Waals surface area (Å²) < 4.78 is 14.0. The minimum Gasteiger partial charge on any atom is -0.390 e. The number of aromatic nitrogens is 1. The van der Waals surface area contributed by atoms with Gasteiger partial charge in [-0.05, 0) is 18.6 Å². The zero-order valence-electron chi connectivity index (χ0n) is 14.1. The zero-order valence-corrected chi connectivity index (χ0v) is 14.9. The van der Waals surface area contributed by atoms with Crippen molar-refractivity contribution in [3.8, 4) is 0 Å². The number of para-hydroxylation sites is 1. The maximum Gasteiger partial charge on any atom is 0.185 e. The number of anilines is 2. The van der Waals surface area contributed by atoms with Gasteiger partial charge in [0.25, 0.3) is 0 Å². The third-order valence-corrected chi connectivity index (χ3v) is 6.04. The Balaban J connectivity index is 1.34. The van der Waals surface area contributed by atoms with Crippen molar-refractivity contribution < 1.29 is 9.50 Å². The molecule has 134 valence electrons. The van der Waals surface area contributed by atoms with Gasteiger partial charge in [-0.25, -0.2) is 9.37 Å². The largest absolute Gasteiger partial charge is 0.390 e. The molecule has 2 atom stereocenters. The molecule has 2 fully saturated rings. The van der Waals surface area contributed by atoms with Crippen molar-refractivity contribution in [1.82, 2.24) is 9.88 Å². The number of hydrogen-bond donors (Lipinski definition) is 1. The van der Waals surface area contributed by atoms with Crippen LogP contribution in [0, 0.1) is 5.82 Å². The van der Waals surface area contributed by atoms with Gasteiger partial charge < -0.3 is 14.9 Å². The van der Waals surface area contributed by atoms with E-state index < -0.39 is 0 Å². The van der Waals surface area contributed by atoms with Crippen molar-refractivity contribution in [3.05, 3.63) is 41.7 Å². The molecule has 2 aromatic rings. The van der Waals surface area contributed by atoms with Crippen LogP contribution in [0.4, 0.5) is 15.2 Å². The summed E-state index contributed by atoms with van der Waals surface area (Å²) >= 11 is 1.62. The van der Waals surface area contributed by atoms with E-state index in [1.54, 1.807) is 23.6 Å². The van der Waals surface area contributed by atoms with Gasteiger partial charge in [0.2, 0.25) is 0 Å². The molecule has 0 amide bonds. The highest BCUT2D eigenvalue weighted by atomic mass is 32.1. The second-order valence-corrected chi connectivity index (χ2v) is 7.53. The molecular formula is C18H23FN4OS. The summed E-state index contributed by atoms with van der Waals surface area (Å²) in [7, 11) is 0. The fraction of sp³-hybridized carbons (Fsp3) is 0.500. The average Bonchev–Trinajstić information content (AvgIpc) is 3.17. The molecule has 7 heteroatoms. The first-order valence-corrected chi connectivity index (χ1v) is 9.66. The minimum atomic E-state index is -0.377. The highest BCUT2D eigenvalue weighted by Crippen LogP contribution is 2.26. The monoisotopic (exact) mass is 362 g/mol. The van der Waals surface area contributed by atoms with Crippen LogP contribution in [0.2, 0.25) is 0 Å². The number of aliphatic hydroxyl groups excluding tert-OH is 1. The van der Waals surface area contributed by atoms with Gasteiger partial charge in [0.05, 0.1) is 11.8 Å². The van der Waals surface area contributed by atoms with Gasteiger partial charge in [-0.3, -0.25) is 4.90 Å². The van der Waals surface area contributed by atoms with E-state index >= 15 is 0 Å². The van der Waals surface area contributed by atoms with E-state index in [2.05, 4.69) is 19.7 Å². The van der Waals surface area contributed by atoms with E-state index in [1.165, 1.54) is 6.07 Å². The Morgan fingerprint density at radius 1 is 1.08 bits per heavy atom. The molecule has 1 aromatic heterocycles. The summed E-state index contributed by atoms with van der Waals surface area (Å²) in [5.74, 6) is -0.159. The van der Waals surface area contributed by atoms with E-state index in [4.69, 9.17) is 0 Å². The molecule has 4 rings (SSSR count). The quantitative estimate of drug-likeness (QED) is 0.905. The third-order valence-electron chi connectivity index (χ3n) is 5.21. The molecule has 2 aliphatic heterocycles. The lowest BCUT2D eigenvalue weighted by Crippen LogP contribution is -2.59. The molecule has 0 unspecified atom stereocenters. The number of piperazine rings is 1. The molecule has 0 bridgehead atoms. The summed E-state index contributed by atoms with van der Waals surface area (Å²) in [6, 6.07) is 7.13. The van der Waals surface area contributed by atoms with Gasteiger partial charge in [-0.1, -0.05) is 12.1 Å². The van der Waals surface area contributed by atoms with Crippen LogP contribution in [0.25, 0.3) is 0 Å². The molecule has 1 aromatic carbocycles. The van der Waals surface area contributed by atoms with Gasteiger partial charge in [-0.2, -0.15) is 0 Å². The number of piperidine rings is 1. The van der Waals surface area contributed by atoms with Crippen molar-refractivity contribution in [3.63, 3.8) is 0 Å². The predicted molar refractivity (Wildman–Crippen MR) is 98.9 cm³/mol. The second-order valence-electron chi connectivity index (χ2n) is 6.66. The van der Waals surface area contributed by atoms with E-state index in [9.17, 15) is 9.50 Å². The SMILES string of the molecule is O[C@@H]1CN(c2nccs2)CC[C@H]1N1CCN(c2ccccc2F)CC1. The van der Waals surface area contributed by atoms with Gasteiger partial charge in [-0.15, -0.1) is 11.3 Å². The normalized spacial score (nSPS) is 25.4. The summed E-state index contributed by atoms with van der Waals surface area (Å²) in [5, 5.41) is 13.6. The van der Waals surface area contributed by atoms with E-state index in [0.717, 1.165) is 44.3 Å². The van der Waals surface area contributed by atoms with Crippen molar-refractivity contribution >= 4 is 22.2 Å². The Bertz CT molecular complexity index is 690. The van der Waals surface area contributed by atoms with Crippen LogP contribution in [-0.4, -0.2) is 66.4 Å². The van der Waals surface area contributed by atoms with Crippen molar-refractivity contribution in [2.45, 2.75) is 18.6 Å². The molecule has 2 aliphatic rings. The van der Waals surface area contributed by atoms with Crippen molar-refractivity contribution in [2.24, 2.45) is 0 Å². The third kappa shape index (κ3) is 3.49. The number of hydrogen-bond acceptors (Lipinski definition) is 6. The molecule has 3 heterocycles. The van der Waals surface area contributed by atoms with Gasteiger partial charge in [0.1, 0.15) is 5.82 Å². The molecular weight excluding hydrogens is 339 g/mol. The molecule has 0 aliphatic carbocycles. The van der Waals surface area contributed by atoms with Gasteiger partial charge in [0.15, 0.2) is 5.13 Å².